The molecule has 118 valence electrons. The first-order valence-corrected chi connectivity index (χ1v) is 7.80. The molecule has 0 amide bonds. The normalized spacial score (nSPS) is 10.4. The predicted molar refractivity (Wildman–Crippen MR) is 85.3 cm³/mol. The number of aryl methyl sites for hydroxylation is 1. The molecule has 4 heteroatoms. The summed E-state index contributed by atoms with van der Waals surface area (Å²) in [7, 11) is 0. The second-order valence-corrected chi connectivity index (χ2v) is 4.98. The third kappa shape index (κ3) is 6.63. The molecule has 0 bridgehead atoms. The van der Waals surface area contributed by atoms with Crippen LogP contribution in [0.25, 0.3) is 0 Å². The van der Waals surface area contributed by atoms with Crippen LogP contribution in [0.1, 0.15) is 45.6 Å². The van der Waals surface area contributed by atoms with E-state index in [1.54, 1.807) is 5.06 Å². The topological polar surface area (TPSA) is 38.8 Å². The number of benzene rings is 1. The van der Waals surface area contributed by atoms with E-state index in [4.69, 9.17) is 9.57 Å². The average Bonchev–Trinajstić information content (AvgIpc) is 2.48. The zero-order valence-electron chi connectivity index (χ0n) is 13.4. The zero-order chi connectivity index (χ0) is 15.5. The maximum absolute atomic E-state index is 11.2. The van der Waals surface area contributed by atoms with Crippen LogP contribution in [0.2, 0.25) is 0 Å². The number of anilines is 1. The van der Waals surface area contributed by atoms with E-state index < -0.39 is 0 Å². The maximum atomic E-state index is 11.2. The van der Waals surface area contributed by atoms with E-state index in [-0.39, 0.29) is 5.97 Å². The van der Waals surface area contributed by atoms with Gasteiger partial charge in [-0.2, -0.15) is 0 Å². The van der Waals surface area contributed by atoms with Crippen LogP contribution in [-0.2, 0) is 20.8 Å². The van der Waals surface area contributed by atoms with Gasteiger partial charge in [0.05, 0.1) is 12.2 Å². The fourth-order valence-corrected chi connectivity index (χ4v) is 2.12. The molecule has 1 aromatic carbocycles. The average molecular weight is 293 g/mol. The second-order valence-electron chi connectivity index (χ2n) is 4.98. The number of hydroxylamine groups is 1. The molecule has 0 atom stereocenters. The number of ether oxygens (including phenoxy) is 1. The fraction of sp³-hybridized carbons (Fsp3) is 0.588. The molecule has 0 unspecified atom stereocenters. The molecule has 0 aromatic heterocycles. The molecule has 0 saturated heterocycles. The Balaban J connectivity index is 2.55. The summed E-state index contributed by atoms with van der Waals surface area (Å²) >= 11 is 0. The number of unbranched alkanes of at least 4 members (excludes halogenated alkanes) is 1. The molecular weight excluding hydrogens is 266 g/mol. The molecule has 0 N–H and O–H groups in total. The Morgan fingerprint density at radius 3 is 2.52 bits per heavy atom. The van der Waals surface area contributed by atoms with Gasteiger partial charge in [0, 0.05) is 20.1 Å². The van der Waals surface area contributed by atoms with Gasteiger partial charge in [0.15, 0.2) is 0 Å². The van der Waals surface area contributed by atoms with Crippen LogP contribution in [0.3, 0.4) is 0 Å². The largest absolute Gasteiger partial charge is 0.381 e. The monoisotopic (exact) mass is 293 g/mol. The van der Waals surface area contributed by atoms with Gasteiger partial charge in [0.1, 0.15) is 0 Å². The molecule has 0 spiro atoms. The van der Waals surface area contributed by atoms with Crippen LogP contribution in [-0.4, -0.2) is 25.7 Å². The lowest BCUT2D eigenvalue weighted by Crippen LogP contribution is -2.26. The van der Waals surface area contributed by atoms with Crippen molar-refractivity contribution in [2.45, 2.75) is 46.5 Å². The first kappa shape index (κ1) is 17.5. The molecule has 0 aliphatic heterocycles. The third-order valence-corrected chi connectivity index (χ3v) is 3.16. The van der Waals surface area contributed by atoms with Crippen LogP contribution in [0.4, 0.5) is 5.69 Å². The summed E-state index contributed by atoms with van der Waals surface area (Å²) in [5.41, 5.74) is 2.14. The van der Waals surface area contributed by atoms with Gasteiger partial charge in [0.2, 0.25) is 0 Å². The van der Waals surface area contributed by atoms with E-state index in [0.717, 1.165) is 44.6 Å². The van der Waals surface area contributed by atoms with E-state index in [2.05, 4.69) is 13.0 Å². The molecule has 1 rings (SSSR count). The second kappa shape index (κ2) is 10.2. The Hall–Kier alpha value is -1.55. The number of carbonyl (C=O) groups excluding carboxylic acids is 1. The van der Waals surface area contributed by atoms with Crippen LogP contribution in [0.5, 0.6) is 0 Å². The van der Waals surface area contributed by atoms with Crippen LogP contribution < -0.4 is 5.06 Å². The molecule has 0 aliphatic carbocycles. The summed E-state index contributed by atoms with van der Waals surface area (Å²) < 4.78 is 5.59. The molecule has 0 saturated carbocycles. The molecular formula is C17H27NO3. The highest BCUT2D eigenvalue weighted by molar-refractivity contribution is 5.68. The van der Waals surface area contributed by atoms with E-state index in [9.17, 15) is 4.79 Å². The number of para-hydroxylation sites is 1. The highest BCUT2D eigenvalue weighted by atomic mass is 16.7. The Bertz CT molecular complexity index is 420. The third-order valence-electron chi connectivity index (χ3n) is 3.16. The van der Waals surface area contributed by atoms with Crippen molar-refractivity contribution in [3.05, 3.63) is 29.8 Å². The van der Waals surface area contributed by atoms with Crippen LogP contribution >= 0.6 is 0 Å². The van der Waals surface area contributed by atoms with Crippen molar-refractivity contribution >= 4 is 11.7 Å². The van der Waals surface area contributed by atoms with Crippen LogP contribution in [0, 0.1) is 0 Å². The van der Waals surface area contributed by atoms with Gasteiger partial charge >= 0.3 is 5.97 Å². The lowest BCUT2D eigenvalue weighted by molar-refractivity contribution is -0.142. The van der Waals surface area contributed by atoms with Gasteiger partial charge < -0.3 is 9.57 Å². The van der Waals surface area contributed by atoms with Crippen molar-refractivity contribution < 1.29 is 14.4 Å². The fourth-order valence-electron chi connectivity index (χ4n) is 2.12. The first-order valence-electron chi connectivity index (χ1n) is 7.80. The molecule has 0 aliphatic rings. The minimum Gasteiger partial charge on any atom is -0.381 e. The van der Waals surface area contributed by atoms with E-state index in [1.807, 2.05) is 25.1 Å². The summed E-state index contributed by atoms with van der Waals surface area (Å²) in [5, 5.41) is 1.65. The van der Waals surface area contributed by atoms with E-state index >= 15 is 0 Å². The molecule has 1 aromatic rings. The van der Waals surface area contributed by atoms with Gasteiger partial charge in [-0.25, -0.2) is 5.06 Å². The Morgan fingerprint density at radius 1 is 1.14 bits per heavy atom. The quantitative estimate of drug-likeness (QED) is 0.486. The molecule has 0 radical (unpaired) electrons. The number of carbonyl (C=O) groups is 1. The summed E-state index contributed by atoms with van der Waals surface area (Å²) in [6, 6.07) is 8.04. The van der Waals surface area contributed by atoms with Gasteiger partial charge in [-0.1, -0.05) is 31.5 Å². The molecule has 0 fully saturated rings. The lowest BCUT2D eigenvalue weighted by atomic mass is 10.1. The number of rotatable bonds is 10. The van der Waals surface area contributed by atoms with E-state index in [1.165, 1.54) is 12.5 Å². The highest BCUT2D eigenvalue weighted by Crippen LogP contribution is 2.22. The van der Waals surface area contributed by atoms with Gasteiger partial charge in [-0.05, 0) is 37.8 Å². The van der Waals surface area contributed by atoms with E-state index in [0.29, 0.717) is 6.54 Å². The Labute approximate surface area is 128 Å². The summed E-state index contributed by atoms with van der Waals surface area (Å²) in [6.07, 6.45) is 4.17. The first-order chi connectivity index (χ1) is 10.2. The van der Waals surface area contributed by atoms with Crippen LogP contribution in [0.15, 0.2) is 24.3 Å². The lowest BCUT2D eigenvalue weighted by Gasteiger charge is -2.23. The SMILES string of the molecule is CCCCOCCCc1ccccc1N(CC)OC(C)=O. The number of hydrogen-bond donors (Lipinski definition) is 0. The summed E-state index contributed by atoms with van der Waals surface area (Å²) in [4.78, 5) is 16.4. The highest BCUT2D eigenvalue weighted by Gasteiger charge is 2.12. The van der Waals surface area contributed by atoms with Crippen molar-refractivity contribution in [2.75, 3.05) is 24.8 Å². The smallest absolute Gasteiger partial charge is 0.329 e. The minimum absolute atomic E-state index is 0.297. The van der Waals surface area contributed by atoms with Crippen molar-refractivity contribution in [2.24, 2.45) is 0 Å². The minimum atomic E-state index is -0.297. The Kier molecular flexibility index (Phi) is 8.51. The molecule has 21 heavy (non-hydrogen) atoms. The summed E-state index contributed by atoms with van der Waals surface area (Å²) in [6.45, 7) is 7.79. The Morgan fingerprint density at radius 2 is 1.86 bits per heavy atom. The van der Waals surface area contributed by atoms with Gasteiger partial charge in [-0.3, -0.25) is 4.79 Å². The van der Waals surface area contributed by atoms with Crippen molar-refractivity contribution in [1.29, 1.82) is 0 Å². The maximum Gasteiger partial charge on any atom is 0.329 e. The standard InChI is InChI=1S/C17H27NO3/c1-4-6-13-20-14-9-11-16-10-7-8-12-17(16)18(5-2)21-15(3)19/h7-8,10,12H,4-6,9,11,13-14H2,1-3H3. The predicted octanol–water partition coefficient (Wildman–Crippen LogP) is 3.74. The number of hydrogen-bond acceptors (Lipinski definition) is 4. The molecule has 4 nitrogen and oxygen atoms in total. The van der Waals surface area contributed by atoms with Gasteiger partial charge in [-0.15, -0.1) is 0 Å². The van der Waals surface area contributed by atoms with Crippen molar-refractivity contribution in [3.63, 3.8) is 0 Å². The van der Waals surface area contributed by atoms with Crippen molar-refractivity contribution in [1.82, 2.24) is 0 Å². The van der Waals surface area contributed by atoms with Crippen molar-refractivity contribution in [3.8, 4) is 0 Å². The number of nitrogens with zero attached hydrogens (tertiary/aromatic N) is 1. The van der Waals surface area contributed by atoms with Gasteiger partial charge in [0.25, 0.3) is 0 Å². The summed E-state index contributed by atoms with van der Waals surface area (Å²) in [5.74, 6) is -0.297. The molecule has 0 heterocycles. The zero-order valence-corrected chi connectivity index (χ0v) is 13.4.